The minimum atomic E-state index is -1.23. The van der Waals surface area contributed by atoms with E-state index < -0.39 is 16.0 Å². The Bertz CT molecular complexity index is 742. The largest absolute Gasteiger partial charge is 0.384 e. The van der Waals surface area contributed by atoms with Crippen molar-refractivity contribution in [1.82, 2.24) is 0 Å². The molecule has 0 amide bonds. The molecule has 2 aromatic carbocycles. The summed E-state index contributed by atoms with van der Waals surface area (Å²) in [6.07, 6.45) is 1.42. The topological polar surface area (TPSA) is 107 Å². The molecule has 2 aromatic rings. The van der Waals surface area contributed by atoms with Crippen LogP contribution >= 0.6 is 0 Å². The van der Waals surface area contributed by atoms with Crippen molar-refractivity contribution in [2.75, 3.05) is 0 Å². The molecular weight excluding hydrogens is 288 g/mol. The summed E-state index contributed by atoms with van der Waals surface area (Å²) < 4.78 is 0. The van der Waals surface area contributed by atoms with E-state index in [1.165, 1.54) is 48.6 Å². The summed E-state index contributed by atoms with van der Waals surface area (Å²) in [6.45, 7) is 0. The number of hydrogen-bond donors (Lipinski definition) is 1. The van der Waals surface area contributed by atoms with Crippen LogP contribution in [0.2, 0.25) is 0 Å². The van der Waals surface area contributed by atoms with Crippen molar-refractivity contribution in [3.63, 3.8) is 0 Å². The van der Waals surface area contributed by atoms with Crippen molar-refractivity contribution < 1.29 is 15.0 Å². The first-order valence-corrected chi connectivity index (χ1v) is 6.33. The van der Waals surface area contributed by atoms with Gasteiger partial charge < -0.3 is 5.11 Å². The lowest BCUT2D eigenvalue weighted by Crippen LogP contribution is -1.99. The molecular formula is C15H12N2O5. The van der Waals surface area contributed by atoms with Crippen LogP contribution in [0.25, 0.3) is 6.08 Å². The van der Waals surface area contributed by atoms with E-state index in [0.717, 1.165) is 0 Å². The van der Waals surface area contributed by atoms with E-state index >= 15 is 0 Å². The maximum Gasteiger partial charge on any atom is 0.276 e. The van der Waals surface area contributed by atoms with Gasteiger partial charge in [0.05, 0.1) is 21.0 Å². The summed E-state index contributed by atoms with van der Waals surface area (Å²) in [4.78, 5) is 20.7. The predicted octanol–water partition coefficient (Wildman–Crippen LogP) is 3.25. The zero-order valence-electron chi connectivity index (χ0n) is 11.3. The van der Waals surface area contributed by atoms with Crippen LogP contribution in [-0.2, 0) is 0 Å². The first kappa shape index (κ1) is 15.3. The fourth-order valence-electron chi connectivity index (χ4n) is 2.00. The normalized spacial score (nSPS) is 12.2. The highest BCUT2D eigenvalue weighted by Crippen LogP contribution is 2.27. The van der Waals surface area contributed by atoms with Crippen LogP contribution in [0, 0.1) is 20.2 Å². The lowest BCUT2D eigenvalue weighted by Gasteiger charge is -2.06. The Kier molecular flexibility index (Phi) is 4.60. The molecule has 0 saturated carbocycles. The zero-order valence-corrected chi connectivity index (χ0v) is 11.3. The summed E-state index contributed by atoms with van der Waals surface area (Å²) in [7, 11) is 0. The fraction of sp³-hybridized carbons (Fsp3) is 0.0667. The molecule has 0 saturated heterocycles. The smallest absolute Gasteiger partial charge is 0.276 e. The summed E-state index contributed by atoms with van der Waals surface area (Å²) in [5, 5.41) is 31.9. The first-order chi connectivity index (χ1) is 10.5. The van der Waals surface area contributed by atoms with Gasteiger partial charge in [-0.25, -0.2) is 0 Å². The van der Waals surface area contributed by atoms with Crippen LogP contribution in [0.3, 0.4) is 0 Å². The van der Waals surface area contributed by atoms with Crippen molar-refractivity contribution in [3.8, 4) is 0 Å². The van der Waals surface area contributed by atoms with Crippen molar-refractivity contribution in [1.29, 1.82) is 0 Å². The van der Waals surface area contributed by atoms with Gasteiger partial charge in [0.1, 0.15) is 6.10 Å². The third-order valence-corrected chi connectivity index (χ3v) is 3.04. The third-order valence-electron chi connectivity index (χ3n) is 3.04. The number of nitro benzene ring substituents is 2. The summed E-state index contributed by atoms with van der Waals surface area (Å²) in [6, 6.07) is 11.8. The van der Waals surface area contributed by atoms with E-state index in [-0.39, 0.29) is 16.9 Å². The van der Waals surface area contributed by atoms with Crippen molar-refractivity contribution in [3.05, 3.63) is 86.0 Å². The molecule has 22 heavy (non-hydrogen) atoms. The Morgan fingerprint density at radius 2 is 1.45 bits per heavy atom. The number of rotatable bonds is 5. The Balaban J connectivity index is 2.32. The second-order valence-electron chi connectivity index (χ2n) is 4.44. The minimum absolute atomic E-state index is 0.103. The number of aliphatic hydroxyl groups is 1. The fourth-order valence-corrected chi connectivity index (χ4v) is 2.00. The molecule has 0 fully saturated rings. The molecule has 0 aliphatic heterocycles. The molecule has 7 heteroatoms. The molecule has 0 radical (unpaired) electrons. The van der Waals surface area contributed by atoms with Gasteiger partial charge in [0.15, 0.2) is 0 Å². The number of nitrogens with zero attached hydrogens (tertiary/aromatic N) is 2. The molecule has 0 heterocycles. The SMILES string of the molecule is O=[N+]([O-])c1ccccc1/C=C/C(O)c1ccccc1[N+](=O)[O-]. The molecule has 0 aliphatic carbocycles. The number of benzene rings is 2. The van der Waals surface area contributed by atoms with Gasteiger partial charge in [-0.2, -0.15) is 0 Å². The van der Waals surface area contributed by atoms with E-state index in [0.29, 0.717) is 5.56 Å². The van der Waals surface area contributed by atoms with Gasteiger partial charge >= 0.3 is 0 Å². The maximum absolute atomic E-state index is 10.9. The zero-order chi connectivity index (χ0) is 16.1. The number of hydrogen-bond acceptors (Lipinski definition) is 5. The molecule has 1 atom stereocenters. The highest BCUT2D eigenvalue weighted by Gasteiger charge is 2.18. The van der Waals surface area contributed by atoms with E-state index in [4.69, 9.17) is 0 Å². The monoisotopic (exact) mass is 300 g/mol. The first-order valence-electron chi connectivity index (χ1n) is 6.33. The van der Waals surface area contributed by atoms with E-state index in [1.807, 2.05) is 0 Å². The van der Waals surface area contributed by atoms with Gasteiger partial charge in [-0.05, 0) is 18.2 Å². The van der Waals surface area contributed by atoms with Gasteiger partial charge in [-0.3, -0.25) is 20.2 Å². The minimum Gasteiger partial charge on any atom is -0.384 e. The lowest BCUT2D eigenvalue weighted by atomic mass is 10.1. The standard InChI is InChI=1S/C15H12N2O5/c18-15(12-6-2-4-8-14(12)17(21)22)10-9-11-5-1-3-7-13(11)16(19)20/h1-10,15,18H/b10-9+. The van der Waals surface area contributed by atoms with Gasteiger partial charge in [0.25, 0.3) is 11.4 Å². The third kappa shape index (κ3) is 3.33. The van der Waals surface area contributed by atoms with Crippen LogP contribution < -0.4 is 0 Å². The highest BCUT2D eigenvalue weighted by atomic mass is 16.6. The summed E-state index contributed by atoms with van der Waals surface area (Å²) >= 11 is 0. The van der Waals surface area contributed by atoms with Gasteiger partial charge in [-0.15, -0.1) is 0 Å². The van der Waals surface area contributed by atoms with Gasteiger partial charge in [0.2, 0.25) is 0 Å². The molecule has 0 spiro atoms. The summed E-state index contributed by atoms with van der Waals surface area (Å²) in [5.41, 5.74) is 0.128. The van der Waals surface area contributed by atoms with Crippen LogP contribution in [0.15, 0.2) is 54.6 Å². The molecule has 112 valence electrons. The van der Waals surface area contributed by atoms with Gasteiger partial charge in [0, 0.05) is 12.1 Å². The average molecular weight is 300 g/mol. The van der Waals surface area contributed by atoms with Crippen molar-refractivity contribution in [2.45, 2.75) is 6.10 Å². The molecule has 0 aliphatic rings. The second kappa shape index (κ2) is 6.59. The van der Waals surface area contributed by atoms with Crippen LogP contribution in [0.5, 0.6) is 0 Å². The second-order valence-corrected chi connectivity index (χ2v) is 4.44. The van der Waals surface area contributed by atoms with Crippen molar-refractivity contribution in [2.24, 2.45) is 0 Å². The average Bonchev–Trinajstić information content (AvgIpc) is 2.52. The van der Waals surface area contributed by atoms with Crippen LogP contribution in [-0.4, -0.2) is 15.0 Å². The molecule has 0 bridgehead atoms. The Morgan fingerprint density at radius 1 is 0.909 bits per heavy atom. The predicted molar refractivity (Wildman–Crippen MR) is 80.2 cm³/mol. The van der Waals surface area contributed by atoms with E-state index in [9.17, 15) is 25.3 Å². The van der Waals surface area contributed by atoms with E-state index in [1.54, 1.807) is 12.1 Å². The van der Waals surface area contributed by atoms with Crippen LogP contribution in [0.1, 0.15) is 17.2 Å². The molecule has 7 nitrogen and oxygen atoms in total. The molecule has 1 N–H and O–H groups in total. The Morgan fingerprint density at radius 3 is 2.09 bits per heavy atom. The quantitative estimate of drug-likeness (QED) is 0.673. The Labute approximate surface area is 125 Å². The molecule has 0 aromatic heterocycles. The number of nitro groups is 2. The molecule has 2 rings (SSSR count). The summed E-state index contributed by atoms with van der Waals surface area (Å²) in [5.74, 6) is 0. The maximum atomic E-state index is 10.9. The van der Waals surface area contributed by atoms with Crippen molar-refractivity contribution >= 4 is 17.5 Å². The highest BCUT2D eigenvalue weighted by molar-refractivity contribution is 5.61. The van der Waals surface area contributed by atoms with Crippen LogP contribution in [0.4, 0.5) is 11.4 Å². The van der Waals surface area contributed by atoms with Gasteiger partial charge in [-0.1, -0.05) is 30.3 Å². The van der Waals surface area contributed by atoms with E-state index in [2.05, 4.69) is 0 Å². The lowest BCUT2D eigenvalue weighted by molar-refractivity contribution is -0.386. The number of para-hydroxylation sites is 2. The number of aliphatic hydroxyl groups excluding tert-OH is 1. The Hall–Kier alpha value is -3.06. The molecule has 1 unspecified atom stereocenters.